The Labute approximate surface area is 149 Å². The fraction of sp³-hybridized carbons (Fsp3) is 0.353. The molecule has 0 aliphatic rings. The van der Waals surface area contributed by atoms with Gasteiger partial charge < -0.3 is 10.1 Å². The van der Waals surface area contributed by atoms with Crippen LogP contribution in [0.1, 0.15) is 31.2 Å². The zero-order valence-corrected chi connectivity index (χ0v) is 15.1. The maximum Gasteiger partial charge on any atom is 0.211 e. The first-order chi connectivity index (χ1) is 11.8. The van der Waals surface area contributed by atoms with Crippen LogP contribution in [0.2, 0.25) is 0 Å². The van der Waals surface area contributed by atoms with E-state index in [2.05, 4.69) is 73.1 Å². The minimum Gasteiger partial charge on any atom is -0.484 e. The van der Waals surface area contributed by atoms with E-state index in [4.69, 9.17) is 4.74 Å². The molecule has 2 aromatic carbocycles. The largest absolute Gasteiger partial charge is 0.484 e. The molecular formula is C17H20BrN5O. The fourth-order valence-corrected chi connectivity index (χ4v) is 3.07. The highest BCUT2D eigenvalue weighted by molar-refractivity contribution is 9.10. The number of aromatic amines is 1. The summed E-state index contributed by atoms with van der Waals surface area (Å²) in [7, 11) is 0. The van der Waals surface area contributed by atoms with E-state index >= 15 is 0 Å². The summed E-state index contributed by atoms with van der Waals surface area (Å²) in [5.74, 6) is 1.29. The summed E-state index contributed by atoms with van der Waals surface area (Å²) >= 11 is 3.64. The number of nitrogens with zero attached hydrogens (tertiary/aromatic N) is 3. The predicted octanol–water partition coefficient (Wildman–Crippen LogP) is 3.58. The minimum absolute atomic E-state index is 0.278. The molecule has 2 N–H and O–H groups in total. The lowest BCUT2D eigenvalue weighted by Gasteiger charge is -2.10. The van der Waals surface area contributed by atoms with Crippen molar-refractivity contribution in [1.82, 2.24) is 25.9 Å². The third-order valence-electron chi connectivity index (χ3n) is 3.77. The first-order valence-corrected chi connectivity index (χ1v) is 8.84. The molecule has 0 bridgehead atoms. The monoisotopic (exact) mass is 389 g/mol. The molecule has 1 heterocycles. The molecule has 0 aliphatic carbocycles. The van der Waals surface area contributed by atoms with Crippen molar-refractivity contribution in [2.75, 3.05) is 6.54 Å². The highest BCUT2D eigenvalue weighted by Crippen LogP contribution is 2.34. The molecule has 0 unspecified atom stereocenters. The quantitative estimate of drug-likeness (QED) is 0.575. The predicted molar refractivity (Wildman–Crippen MR) is 96.8 cm³/mol. The molecule has 0 spiro atoms. The van der Waals surface area contributed by atoms with Crippen LogP contribution in [0.3, 0.4) is 0 Å². The molecule has 1 aromatic heterocycles. The molecule has 6 nitrogen and oxygen atoms in total. The van der Waals surface area contributed by atoms with E-state index in [0.29, 0.717) is 5.82 Å². The number of rotatable bonds is 8. The third kappa shape index (κ3) is 4.10. The minimum atomic E-state index is 0.278. The molecule has 3 rings (SSSR count). The highest BCUT2D eigenvalue weighted by Gasteiger charge is 2.08. The summed E-state index contributed by atoms with van der Waals surface area (Å²) in [6.07, 6.45) is 2.42. The van der Waals surface area contributed by atoms with Crippen LogP contribution in [0.4, 0.5) is 0 Å². The zero-order valence-electron chi connectivity index (χ0n) is 13.6. The normalized spacial score (nSPS) is 11.1. The third-order valence-corrected chi connectivity index (χ3v) is 4.58. The van der Waals surface area contributed by atoms with Crippen molar-refractivity contribution in [3.05, 3.63) is 46.2 Å². The Kier molecular flexibility index (Phi) is 5.77. The second-order valence-electron chi connectivity index (χ2n) is 5.58. The van der Waals surface area contributed by atoms with E-state index in [-0.39, 0.29) is 6.61 Å². The van der Waals surface area contributed by atoms with E-state index in [1.807, 2.05) is 6.07 Å². The summed E-state index contributed by atoms with van der Waals surface area (Å²) in [4.78, 5) is 0. The van der Waals surface area contributed by atoms with Gasteiger partial charge in [0.1, 0.15) is 5.75 Å². The topological polar surface area (TPSA) is 75.7 Å². The van der Waals surface area contributed by atoms with E-state index < -0.39 is 0 Å². The average molecular weight is 390 g/mol. The number of tetrazole rings is 1. The lowest BCUT2D eigenvalue weighted by atomic mass is 10.1. The summed E-state index contributed by atoms with van der Waals surface area (Å²) in [6, 6.07) is 10.5. The van der Waals surface area contributed by atoms with Crippen LogP contribution in [0.5, 0.6) is 5.75 Å². The number of aromatic nitrogens is 4. The molecule has 0 fully saturated rings. The summed E-state index contributed by atoms with van der Waals surface area (Å²) in [5, 5.41) is 19.5. The average Bonchev–Trinajstić information content (AvgIpc) is 3.12. The number of halogens is 1. The second-order valence-corrected chi connectivity index (χ2v) is 6.37. The van der Waals surface area contributed by atoms with Crippen LogP contribution in [-0.2, 0) is 13.2 Å². The van der Waals surface area contributed by atoms with Gasteiger partial charge in [-0.15, -0.1) is 10.2 Å². The van der Waals surface area contributed by atoms with Crippen molar-refractivity contribution in [2.45, 2.75) is 32.9 Å². The molecule has 126 valence electrons. The molecule has 0 saturated heterocycles. The van der Waals surface area contributed by atoms with Gasteiger partial charge in [0.25, 0.3) is 0 Å². The molecule has 7 heteroatoms. The van der Waals surface area contributed by atoms with Gasteiger partial charge in [0.05, 0.1) is 4.47 Å². The summed E-state index contributed by atoms with van der Waals surface area (Å²) < 4.78 is 6.71. The van der Waals surface area contributed by atoms with Crippen molar-refractivity contribution in [2.24, 2.45) is 0 Å². The van der Waals surface area contributed by atoms with Crippen LogP contribution < -0.4 is 10.1 Å². The van der Waals surface area contributed by atoms with Crippen LogP contribution >= 0.6 is 15.9 Å². The number of ether oxygens (including phenoxy) is 1. The lowest BCUT2D eigenvalue weighted by Crippen LogP contribution is -2.14. The Morgan fingerprint density at radius 2 is 2.17 bits per heavy atom. The molecule has 0 amide bonds. The molecule has 0 aliphatic heterocycles. The van der Waals surface area contributed by atoms with E-state index in [1.54, 1.807) is 0 Å². The summed E-state index contributed by atoms with van der Waals surface area (Å²) in [6.45, 7) is 4.43. The Bertz CT molecular complexity index is 791. The van der Waals surface area contributed by atoms with Gasteiger partial charge in [-0.2, -0.15) is 5.21 Å². The number of unbranched alkanes of at least 4 members (excludes halogenated alkanes) is 1. The van der Waals surface area contributed by atoms with Gasteiger partial charge in [-0.05, 0) is 57.4 Å². The maximum atomic E-state index is 5.77. The SMILES string of the molecule is CCCCNCc1ccc2c(Br)c(OCc3nn[nH]n3)ccc2c1. The molecule has 0 radical (unpaired) electrons. The summed E-state index contributed by atoms with van der Waals surface area (Å²) in [5.41, 5.74) is 1.28. The zero-order chi connectivity index (χ0) is 16.8. The number of fused-ring (bicyclic) bond motifs is 1. The van der Waals surface area contributed by atoms with Gasteiger partial charge in [0.15, 0.2) is 6.61 Å². The van der Waals surface area contributed by atoms with Gasteiger partial charge in [-0.1, -0.05) is 36.8 Å². The Balaban J connectivity index is 1.71. The van der Waals surface area contributed by atoms with Crippen molar-refractivity contribution in [3.63, 3.8) is 0 Å². The highest BCUT2D eigenvalue weighted by atomic mass is 79.9. The van der Waals surface area contributed by atoms with Crippen LogP contribution in [-0.4, -0.2) is 27.2 Å². The second kappa shape index (κ2) is 8.21. The fourth-order valence-electron chi connectivity index (χ4n) is 2.46. The number of H-pyrrole nitrogens is 1. The van der Waals surface area contributed by atoms with Gasteiger partial charge in [-0.3, -0.25) is 0 Å². The Morgan fingerprint density at radius 1 is 1.25 bits per heavy atom. The Morgan fingerprint density at radius 3 is 2.96 bits per heavy atom. The number of benzene rings is 2. The molecule has 3 aromatic rings. The smallest absolute Gasteiger partial charge is 0.211 e. The first-order valence-electron chi connectivity index (χ1n) is 8.05. The number of hydrogen-bond donors (Lipinski definition) is 2. The van der Waals surface area contributed by atoms with E-state index in [9.17, 15) is 0 Å². The number of hydrogen-bond acceptors (Lipinski definition) is 5. The standard InChI is InChI=1S/C17H20BrN5O/c1-2-3-8-19-10-12-4-6-14-13(9-12)5-7-15(17(14)18)24-11-16-20-22-23-21-16/h4-7,9,19H,2-3,8,10-11H2,1H3,(H,20,21,22,23). The maximum absolute atomic E-state index is 5.77. The van der Waals surface area contributed by atoms with Crippen molar-refractivity contribution < 1.29 is 4.74 Å². The first kappa shape index (κ1) is 16.9. The van der Waals surface area contributed by atoms with Crippen LogP contribution in [0, 0.1) is 0 Å². The van der Waals surface area contributed by atoms with Crippen LogP contribution in [0.15, 0.2) is 34.8 Å². The molecular weight excluding hydrogens is 370 g/mol. The number of nitrogens with one attached hydrogen (secondary N) is 2. The lowest BCUT2D eigenvalue weighted by molar-refractivity contribution is 0.294. The van der Waals surface area contributed by atoms with Gasteiger partial charge in [0, 0.05) is 6.54 Å². The van der Waals surface area contributed by atoms with Gasteiger partial charge in [-0.25, -0.2) is 0 Å². The van der Waals surface area contributed by atoms with Gasteiger partial charge in [0.2, 0.25) is 5.82 Å². The van der Waals surface area contributed by atoms with Crippen molar-refractivity contribution in [1.29, 1.82) is 0 Å². The van der Waals surface area contributed by atoms with E-state index in [0.717, 1.165) is 28.7 Å². The van der Waals surface area contributed by atoms with Crippen molar-refractivity contribution in [3.8, 4) is 5.75 Å². The van der Waals surface area contributed by atoms with Gasteiger partial charge >= 0.3 is 0 Å². The van der Waals surface area contributed by atoms with Crippen molar-refractivity contribution >= 4 is 26.7 Å². The molecule has 24 heavy (non-hydrogen) atoms. The van der Waals surface area contributed by atoms with E-state index in [1.165, 1.54) is 23.8 Å². The Hall–Kier alpha value is -1.99. The van der Waals surface area contributed by atoms with Crippen LogP contribution in [0.25, 0.3) is 10.8 Å². The molecule has 0 saturated carbocycles. The molecule has 0 atom stereocenters.